The summed E-state index contributed by atoms with van der Waals surface area (Å²) in [7, 11) is -3.18. The van der Waals surface area contributed by atoms with Gasteiger partial charge in [-0.2, -0.15) is 13.2 Å². The fourth-order valence-electron chi connectivity index (χ4n) is 4.89. The first-order valence-electron chi connectivity index (χ1n) is 15.1. The van der Waals surface area contributed by atoms with Gasteiger partial charge in [0, 0.05) is 75.6 Å². The van der Waals surface area contributed by atoms with Crippen molar-refractivity contribution in [3.8, 4) is 22.3 Å². The molecule has 268 valence electrons. The molecule has 4 aromatic heterocycles. The summed E-state index contributed by atoms with van der Waals surface area (Å²) in [5.41, 5.74) is 2.48. The van der Waals surface area contributed by atoms with Crippen LogP contribution < -0.4 is 10.6 Å². The van der Waals surface area contributed by atoms with E-state index in [-0.39, 0.29) is 39.6 Å². The zero-order chi connectivity index (χ0) is 37.6. The molecule has 10 nitrogen and oxygen atoms in total. The van der Waals surface area contributed by atoms with Crippen molar-refractivity contribution in [2.24, 2.45) is 0 Å². The number of halogens is 6. The topological polar surface area (TPSA) is 144 Å². The first-order valence-corrected chi connectivity index (χ1v) is 17.5. The Bertz CT molecular complexity index is 2410. The molecule has 0 fully saturated rings. The maximum absolute atomic E-state index is 14.3. The van der Waals surface area contributed by atoms with E-state index in [1.165, 1.54) is 61.3 Å². The standard InChI is InChI=1S/C18H15ClFN3O3S.C17H11F4N3O/c1-27(25,26)5-4-22-18(24)11-6-14-15(9-21-10-17(14)23-8-11)13-3-2-12(19)7-16(13)20;18-14-4-2-1-3-11(14)13-7-22-8-15-12(13)5-10(6-23-15)16(25)24-9-17(19,20)21/h2-3,6-10H,4-5H2,1H3,(H,22,24);1-8H,9H2,(H,24,25). The molecule has 0 bridgehead atoms. The third-order valence-electron chi connectivity index (χ3n) is 7.34. The molecule has 0 saturated heterocycles. The van der Waals surface area contributed by atoms with Crippen LogP contribution in [0.15, 0.2) is 91.8 Å². The van der Waals surface area contributed by atoms with E-state index in [0.717, 1.165) is 12.5 Å². The van der Waals surface area contributed by atoms with Gasteiger partial charge in [-0.05, 0) is 36.4 Å². The molecule has 2 aromatic carbocycles. The number of nitrogens with zero attached hydrogens (tertiary/aromatic N) is 4. The molecule has 6 aromatic rings. The second-order valence-electron chi connectivity index (χ2n) is 11.2. The lowest BCUT2D eigenvalue weighted by Gasteiger charge is -2.10. The van der Waals surface area contributed by atoms with Gasteiger partial charge in [-0.3, -0.25) is 29.5 Å². The Morgan fingerprint density at radius 3 is 1.77 bits per heavy atom. The van der Waals surface area contributed by atoms with Crippen molar-refractivity contribution in [3.63, 3.8) is 0 Å². The summed E-state index contributed by atoms with van der Waals surface area (Å²) in [4.78, 5) is 40.5. The smallest absolute Gasteiger partial charge is 0.351 e. The number of carbonyl (C=O) groups is 2. The summed E-state index contributed by atoms with van der Waals surface area (Å²) in [6.07, 6.45) is 4.94. The molecule has 0 unspecified atom stereocenters. The third kappa shape index (κ3) is 9.58. The lowest BCUT2D eigenvalue weighted by molar-refractivity contribution is -0.123. The molecule has 2 N–H and O–H groups in total. The monoisotopic (exact) mass is 756 g/mol. The van der Waals surface area contributed by atoms with Gasteiger partial charge in [0.15, 0.2) is 0 Å². The Hall–Kier alpha value is -5.61. The lowest BCUT2D eigenvalue weighted by Crippen LogP contribution is -2.33. The number of hydrogen-bond acceptors (Lipinski definition) is 8. The maximum Gasteiger partial charge on any atom is 0.405 e. The summed E-state index contributed by atoms with van der Waals surface area (Å²) < 4.78 is 87.4. The average molecular weight is 757 g/mol. The zero-order valence-corrected chi connectivity index (χ0v) is 28.5. The Labute approximate surface area is 298 Å². The minimum absolute atomic E-state index is 0.00921. The van der Waals surface area contributed by atoms with Crippen molar-refractivity contribution in [2.75, 3.05) is 25.1 Å². The van der Waals surface area contributed by atoms with Crippen LogP contribution >= 0.6 is 11.6 Å². The van der Waals surface area contributed by atoms with Crippen LogP contribution in [-0.4, -0.2) is 71.4 Å². The van der Waals surface area contributed by atoms with Crippen molar-refractivity contribution in [1.29, 1.82) is 0 Å². The number of aromatic nitrogens is 4. The molecule has 0 aliphatic rings. The molecule has 0 aliphatic carbocycles. The number of sulfone groups is 1. The number of amides is 2. The number of fused-ring (bicyclic) bond motifs is 2. The van der Waals surface area contributed by atoms with Crippen LogP contribution in [-0.2, 0) is 9.84 Å². The molecule has 0 atom stereocenters. The predicted molar refractivity (Wildman–Crippen MR) is 185 cm³/mol. The number of hydrogen-bond donors (Lipinski definition) is 2. The van der Waals surface area contributed by atoms with Crippen LogP contribution in [0.2, 0.25) is 5.02 Å². The molecule has 0 radical (unpaired) electrons. The maximum atomic E-state index is 14.3. The van der Waals surface area contributed by atoms with E-state index in [1.54, 1.807) is 29.6 Å². The average Bonchev–Trinajstić information content (AvgIpc) is 3.09. The minimum Gasteiger partial charge on any atom is -0.351 e. The molecule has 0 saturated carbocycles. The normalized spacial score (nSPS) is 11.5. The summed E-state index contributed by atoms with van der Waals surface area (Å²) in [6.45, 7) is -1.45. The van der Waals surface area contributed by atoms with E-state index in [4.69, 9.17) is 11.6 Å². The second-order valence-corrected chi connectivity index (χ2v) is 13.9. The number of alkyl halides is 3. The van der Waals surface area contributed by atoms with E-state index in [9.17, 15) is 40.0 Å². The van der Waals surface area contributed by atoms with Gasteiger partial charge < -0.3 is 10.6 Å². The number of benzene rings is 2. The number of nitrogens with one attached hydrogen (secondary N) is 2. The third-order valence-corrected chi connectivity index (χ3v) is 8.52. The first kappa shape index (κ1) is 37.6. The number of pyridine rings is 4. The molecule has 6 rings (SSSR count). The highest BCUT2D eigenvalue weighted by Gasteiger charge is 2.28. The van der Waals surface area contributed by atoms with Crippen LogP contribution in [0.4, 0.5) is 22.0 Å². The Balaban J connectivity index is 0.000000202. The highest BCUT2D eigenvalue weighted by molar-refractivity contribution is 7.90. The van der Waals surface area contributed by atoms with Crippen LogP contribution in [0.5, 0.6) is 0 Å². The van der Waals surface area contributed by atoms with Crippen molar-refractivity contribution in [1.82, 2.24) is 30.6 Å². The predicted octanol–water partition coefficient (Wildman–Crippen LogP) is 6.59. The fourth-order valence-corrected chi connectivity index (χ4v) is 5.52. The quantitative estimate of drug-likeness (QED) is 0.166. The van der Waals surface area contributed by atoms with E-state index in [2.05, 4.69) is 25.3 Å². The molecule has 0 aliphatic heterocycles. The van der Waals surface area contributed by atoms with E-state index in [1.807, 2.05) is 0 Å². The largest absolute Gasteiger partial charge is 0.405 e. The van der Waals surface area contributed by atoms with Crippen LogP contribution in [0.1, 0.15) is 20.7 Å². The molecule has 17 heteroatoms. The zero-order valence-electron chi connectivity index (χ0n) is 26.9. The first-order chi connectivity index (χ1) is 24.6. The summed E-state index contributed by atoms with van der Waals surface area (Å²) in [5, 5.41) is 5.55. The molecular formula is C35H26ClF5N6O4S. The van der Waals surface area contributed by atoms with Gasteiger partial charge >= 0.3 is 6.18 Å². The summed E-state index contributed by atoms with van der Waals surface area (Å²) in [6, 6.07) is 13.2. The molecule has 0 spiro atoms. The lowest BCUT2D eigenvalue weighted by atomic mass is 10.0. The van der Waals surface area contributed by atoms with E-state index >= 15 is 0 Å². The van der Waals surface area contributed by atoms with Crippen LogP contribution in [0.3, 0.4) is 0 Å². The Morgan fingerprint density at radius 2 is 1.25 bits per heavy atom. The second kappa shape index (κ2) is 15.7. The Kier molecular flexibility index (Phi) is 11.4. The number of carbonyl (C=O) groups excluding carboxylic acids is 2. The van der Waals surface area contributed by atoms with Gasteiger partial charge in [0.2, 0.25) is 0 Å². The van der Waals surface area contributed by atoms with Crippen molar-refractivity contribution in [2.45, 2.75) is 6.18 Å². The fraction of sp³-hybridized carbons (Fsp3) is 0.143. The SMILES string of the molecule is CS(=O)(=O)CCNC(=O)c1cnc2cncc(-c3ccc(Cl)cc3F)c2c1.O=C(NCC(F)(F)F)c1cnc2cncc(-c3ccccc3F)c2c1. The van der Waals surface area contributed by atoms with Gasteiger partial charge in [0.25, 0.3) is 11.8 Å². The highest BCUT2D eigenvalue weighted by Crippen LogP contribution is 2.31. The minimum atomic E-state index is -4.51. The highest BCUT2D eigenvalue weighted by atomic mass is 35.5. The summed E-state index contributed by atoms with van der Waals surface area (Å²) in [5.74, 6) is -2.54. The molecule has 2 amide bonds. The van der Waals surface area contributed by atoms with Gasteiger partial charge in [-0.25, -0.2) is 17.2 Å². The summed E-state index contributed by atoms with van der Waals surface area (Å²) >= 11 is 5.81. The number of rotatable bonds is 8. The van der Waals surface area contributed by atoms with Gasteiger partial charge in [0.1, 0.15) is 28.0 Å². The van der Waals surface area contributed by atoms with Crippen molar-refractivity contribution >= 4 is 55.1 Å². The van der Waals surface area contributed by atoms with Gasteiger partial charge in [0.05, 0.1) is 40.3 Å². The van der Waals surface area contributed by atoms with Crippen molar-refractivity contribution in [3.05, 3.63) is 120 Å². The van der Waals surface area contributed by atoms with E-state index < -0.39 is 46.0 Å². The molecule has 52 heavy (non-hydrogen) atoms. The molecular weight excluding hydrogens is 731 g/mol. The van der Waals surface area contributed by atoms with Crippen molar-refractivity contribution < 1.29 is 40.0 Å². The van der Waals surface area contributed by atoms with Crippen LogP contribution in [0.25, 0.3) is 44.1 Å². The van der Waals surface area contributed by atoms with Gasteiger partial charge in [-0.1, -0.05) is 29.8 Å². The Morgan fingerprint density at radius 1 is 0.712 bits per heavy atom. The molecule has 4 heterocycles. The van der Waals surface area contributed by atoms with Crippen LogP contribution in [0, 0.1) is 11.6 Å². The van der Waals surface area contributed by atoms with E-state index in [0.29, 0.717) is 32.9 Å². The van der Waals surface area contributed by atoms with Gasteiger partial charge in [-0.15, -0.1) is 0 Å².